The first kappa shape index (κ1) is 10.0. The minimum Gasteiger partial charge on any atom is -0.381 e. The molecule has 0 radical (unpaired) electrons. The van der Waals surface area contributed by atoms with E-state index in [1.54, 1.807) is 0 Å². The summed E-state index contributed by atoms with van der Waals surface area (Å²) in [4.78, 5) is 12.3. The summed E-state index contributed by atoms with van der Waals surface area (Å²) in [6, 6.07) is 7.69. The number of aliphatic hydroxyl groups is 1. The number of hydrogen-bond donors (Lipinski definition) is 1. The number of carbonyl (C=O) groups excluding carboxylic acids is 1. The summed E-state index contributed by atoms with van der Waals surface area (Å²) < 4.78 is 0. The van der Waals surface area contributed by atoms with Crippen LogP contribution in [0, 0.1) is 0 Å². The zero-order chi connectivity index (χ0) is 11.2. The molecule has 2 nitrogen and oxygen atoms in total. The Kier molecular flexibility index (Phi) is 2.15. The van der Waals surface area contributed by atoms with Gasteiger partial charge in [-0.3, -0.25) is 4.79 Å². The Morgan fingerprint density at radius 3 is 2.88 bits per heavy atom. The Bertz CT molecular complexity index is 438. The van der Waals surface area contributed by atoms with Crippen LogP contribution in [0.3, 0.4) is 0 Å². The van der Waals surface area contributed by atoms with Gasteiger partial charge in [-0.25, -0.2) is 0 Å². The second kappa shape index (κ2) is 3.42. The molecule has 84 valence electrons. The van der Waals surface area contributed by atoms with Crippen molar-refractivity contribution in [2.75, 3.05) is 0 Å². The normalized spacial score (nSPS) is 33.1. The summed E-state index contributed by atoms with van der Waals surface area (Å²) in [6.45, 7) is 0. The fraction of sp³-hybridized carbons (Fsp3) is 0.500. The Balaban J connectivity index is 2.14. The molecule has 16 heavy (non-hydrogen) atoms. The summed E-state index contributed by atoms with van der Waals surface area (Å²) in [7, 11) is 0. The molecule has 1 aromatic rings. The minimum atomic E-state index is -1.10. The van der Waals surface area contributed by atoms with Crippen molar-refractivity contribution in [1.29, 1.82) is 0 Å². The van der Waals surface area contributed by atoms with Gasteiger partial charge in [-0.1, -0.05) is 43.5 Å². The van der Waals surface area contributed by atoms with E-state index in [9.17, 15) is 9.90 Å². The molecular weight excluding hydrogens is 200 g/mol. The lowest BCUT2D eigenvalue weighted by molar-refractivity contribution is 0.0192. The summed E-state index contributed by atoms with van der Waals surface area (Å²) in [5.41, 5.74) is 0.717. The lowest BCUT2D eigenvalue weighted by Gasteiger charge is -2.26. The van der Waals surface area contributed by atoms with Crippen LogP contribution >= 0.6 is 0 Å². The van der Waals surface area contributed by atoms with E-state index in [-0.39, 0.29) is 11.7 Å². The highest BCUT2D eigenvalue weighted by Crippen LogP contribution is 2.47. The van der Waals surface area contributed by atoms with Gasteiger partial charge < -0.3 is 5.11 Å². The first-order chi connectivity index (χ1) is 7.73. The van der Waals surface area contributed by atoms with Crippen molar-refractivity contribution in [2.45, 2.75) is 43.6 Å². The van der Waals surface area contributed by atoms with Gasteiger partial charge in [0, 0.05) is 11.5 Å². The monoisotopic (exact) mass is 216 g/mol. The quantitative estimate of drug-likeness (QED) is 0.724. The molecule has 0 spiro atoms. The second-order valence-electron chi connectivity index (χ2n) is 4.99. The highest BCUT2D eigenvalue weighted by Gasteiger charge is 2.51. The predicted octanol–water partition coefficient (Wildman–Crippen LogP) is 2.66. The topological polar surface area (TPSA) is 37.3 Å². The summed E-state index contributed by atoms with van der Waals surface area (Å²) in [5, 5.41) is 10.6. The van der Waals surface area contributed by atoms with Crippen LogP contribution in [0.2, 0.25) is 0 Å². The van der Waals surface area contributed by atoms with Gasteiger partial charge in [0.05, 0.1) is 0 Å². The lowest BCUT2D eigenvalue weighted by atomic mass is 9.83. The van der Waals surface area contributed by atoms with E-state index in [0.29, 0.717) is 6.42 Å². The van der Waals surface area contributed by atoms with E-state index in [1.165, 1.54) is 0 Å². The molecule has 2 heteroatoms. The highest BCUT2D eigenvalue weighted by atomic mass is 16.3. The van der Waals surface area contributed by atoms with Crippen molar-refractivity contribution in [3.63, 3.8) is 0 Å². The van der Waals surface area contributed by atoms with Crippen molar-refractivity contribution >= 4 is 5.78 Å². The maximum absolute atomic E-state index is 12.3. The van der Waals surface area contributed by atoms with E-state index in [0.717, 1.165) is 36.8 Å². The smallest absolute Gasteiger partial charge is 0.195 e. The van der Waals surface area contributed by atoms with Gasteiger partial charge in [0.2, 0.25) is 0 Å². The van der Waals surface area contributed by atoms with Crippen molar-refractivity contribution in [2.24, 2.45) is 0 Å². The molecule has 0 unspecified atom stereocenters. The van der Waals surface area contributed by atoms with Crippen LogP contribution in [0.1, 0.15) is 53.9 Å². The van der Waals surface area contributed by atoms with Crippen molar-refractivity contribution < 1.29 is 9.90 Å². The Morgan fingerprint density at radius 2 is 2.00 bits per heavy atom. The second-order valence-corrected chi connectivity index (χ2v) is 4.99. The number of Topliss-reactive ketones (excluding diaryl/α,β-unsaturated/α-hetero) is 1. The molecular formula is C14H16O2. The maximum atomic E-state index is 12.3. The summed E-state index contributed by atoms with van der Waals surface area (Å²) in [5.74, 6) is -0.00583. The predicted molar refractivity (Wildman–Crippen MR) is 61.5 cm³/mol. The number of hydrogen-bond acceptors (Lipinski definition) is 2. The van der Waals surface area contributed by atoms with Gasteiger partial charge in [0.1, 0.15) is 5.60 Å². The molecule has 0 heterocycles. The van der Waals surface area contributed by atoms with Gasteiger partial charge in [-0.2, -0.15) is 0 Å². The van der Waals surface area contributed by atoms with E-state index in [4.69, 9.17) is 0 Å². The number of ketones is 1. The van der Waals surface area contributed by atoms with Gasteiger partial charge in [-0.15, -0.1) is 0 Å². The third-order valence-corrected chi connectivity index (χ3v) is 4.10. The van der Waals surface area contributed by atoms with E-state index < -0.39 is 5.60 Å². The van der Waals surface area contributed by atoms with Crippen LogP contribution in [-0.4, -0.2) is 16.5 Å². The summed E-state index contributed by atoms with van der Waals surface area (Å²) >= 11 is 0. The van der Waals surface area contributed by atoms with Gasteiger partial charge in [0.15, 0.2) is 5.78 Å². The Labute approximate surface area is 95.3 Å². The highest BCUT2D eigenvalue weighted by molar-refractivity contribution is 6.07. The average molecular weight is 216 g/mol. The standard InChI is InChI=1S/C14H16O2/c15-13-11-7-4-3-6-10(11)12-8-2-1-5-9-14(12,13)16/h3-4,6-7,12,16H,1-2,5,8-9H2/t12-,14+/m0/s1. The molecule has 0 amide bonds. The molecule has 1 aromatic carbocycles. The zero-order valence-corrected chi connectivity index (χ0v) is 9.28. The first-order valence-corrected chi connectivity index (χ1v) is 6.09. The van der Waals surface area contributed by atoms with Crippen LogP contribution in [0.15, 0.2) is 24.3 Å². The van der Waals surface area contributed by atoms with E-state index in [1.807, 2.05) is 24.3 Å². The van der Waals surface area contributed by atoms with Crippen LogP contribution in [0.5, 0.6) is 0 Å². The van der Waals surface area contributed by atoms with Crippen molar-refractivity contribution in [3.05, 3.63) is 35.4 Å². The molecule has 2 aliphatic rings. The fourth-order valence-corrected chi connectivity index (χ4v) is 3.26. The third-order valence-electron chi connectivity index (χ3n) is 4.10. The number of benzene rings is 1. The molecule has 0 saturated heterocycles. The van der Waals surface area contributed by atoms with E-state index in [2.05, 4.69) is 0 Å². The van der Waals surface area contributed by atoms with Gasteiger partial charge in [0.25, 0.3) is 0 Å². The molecule has 0 bridgehead atoms. The number of fused-ring (bicyclic) bond motifs is 3. The number of rotatable bonds is 0. The molecule has 1 N–H and O–H groups in total. The molecule has 3 rings (SSSR count). The first-order valence-electron chi connectivity index (χ1n) is 6.09. The SMILES string of the molecule is O=C1c2ccccc2[C@@H]2CCCCC[C@]12O. The fourth-order valence-electron chi connectivity index (χ4n) is 3.26. The molecule has 1 fully saturated rings. The van der Waals surface area contributed by atoms with E-state index >= 15 is 0 Å². The van der Waals surface area contributed by atoms with Gasteiger partial charge in [-0.05, 0) is 18.4 Å². The van der Waals surface area contributed by atoms with Crippen molar-refractivity contribution in [1.82, 2.24) is 0 Å². The lowest BCUT2D eigenvalue weighted by Crippen LogP contribution is -2.38. The maximum Gasteiger partial charge on any atom is 0.195 e. The largest absolute Gasteiger partial charge is 0.381 e. The molecule has 1 saturated carbocycles. The Morgan fingerprint density at radius 1 is 1.19 bits per heavy atom. The molecule has 2 atom stereocenters. The Hall–Kier alpha value is -1.15. The van der Waals surface area contributed by atoms with Crippen LogP contribution in [-0.2, 0) is 0 Å². The molecule has 2 aliphatic carbocycles. The van der Waals surface area contributed by atoms with Crippen LogP contribution < -0.4 is 0 Å². The van der Waals surface area contributed by atoms with Crippen LogP contribution in [0.4, 0.5) is 0 Å². The number of carbonyl (C=O) groups is 1. The summed E-state index contributed by atoms with van der Waals surface area (Å²) in [6.07, 6.45) is 4.79. The minimum absolute atomic E-state index is 0.0405. The average Bonchev–Trinajstić information content (AvgIpc) is 2.46. The molecule has 0 aliphatic heterocycles. The third kappa shape index (κ3) is 1.20. The van der Waals surface area contributed by atoms with Crippen LogP contribution in [0.25, 0.3) is 0 Å². The van der Waals surface area contributed by atoms with Gasteiger partial charge >= 0.3 is 0 Å². The molecule has 0 aromatic heterocycles. The van der Waals surface area contributed by atoms with Crippen molar-refractivity contribution in [3.8, 4) is 0 Å². The zero-order valence-electron chi connectivity index (χ0n) is 9.28.